The summed E-state index contributed by atoms with van der Waals surface area (Å²) in [6.45, 7) is 3.73. The van der Waals surface area contributed by atoms with Crippen LogP contribution in [0.3, 0.4) is 0 Å². The van der Waals surface area contributed by atoms with Gasteiger partial charge in [0.15, 0.2) is 0 Å². The summed E-state index contributed by atoms with van der Waals surface area (Å²) in [7, 11) is 0. The molecule has 4 aromatic rings. The van der Waals surface area contributed by atoms with Crippen molar-refractivity contribution in [2.24, 2.45) is 9.98 Å². The van der Waals surface area contributed by atoms with Gasteiger partial charge in [0, 0.05) is 6.21 Å². The Bertz CT molecular complexity index is 1440. The van der Waals surface area contributed by atoms with Crippen molar-refractivity contribution in [1.29, 1.82) is 0 Å². The number of hydrogen-bond donors (Lipinski definition) is 1. The van der Waals surface area contributed by atoms with Crippen LogP contribution in [0.1, 0.15) is 48.2 Å². The molecule has 4 aromatic carbocycles. The first-order valence-corrected chi connectivity index (χ1v) is 12.4. The maximum Gasteiger partial charge on any atom is 2.00 e. The van der Waals surface area contributed by atoms with Crippen molar-refractivity contribution in [1.82, 2.24) is 0 Å². The average Bonchev–Trinajstić information content (AvgIpc) is 2.96. The third-order valence-corrected chi connectivity index (χ3v) is 5.64. The van der Waals surface area contributed by atoms with E-state index in [-0.39, 0.29) is 69.4 Å². The van der Waals surface area contributed by atoms with Gasteiger partial charge in [-0.1, -0.05) is 103 Å². The Hall–Kier alpha value is -3.57. The summed E-state index contributed by atoms with van der Waals surface area (Å²) in [4.78, 5) is 9.25. The van der Waals surface area contributed by atoms with Crippen molar-refractivity contribution in [3.63, 3.8) is 0 Å². The monoisotopic (exact) mass is 605 g/mol. The Labute approximate surface area is 273 Å². The van der Waals surface area contributed by atoms with E-state index in [9.17, 15) is 15.3 Å². The molecule has 0 aliphatic rings. The Balaban J connectivity index is 0.00000161. The van der Waals surface area contributed by atoms with Gasteiger partial charge in [0.1, 0.15) is 17.8 Å². The van der Waals surface area contributed by atoms with E-state index in [0.29, 0.717) is 12.2 Å². The fourth-order valence-corrected chi connectivity index (χ4v) is 3.88. The zero-order valence-corrected chi connectivity index (χ0v) is 26.0. The first kappa shape index (κ1) is 35.5. The number of nitrogens with one attached hydrogen (secondary N) is 1. The van der Waals surface area contributed by atoms with Gasteiger partial charge in [-0.05, 0) is 41.1 Å². The molecule has 0 aliphatic heterocycles. The van der Waals surface area contributed by atoms with Gasteiger partial charge >= 0.3 is 46.6 Å². The summed E-state index contributed by atoms with van der Waals surface area (Å²) >= 11 is 0. The molecule has 0 heterocycles. The molecule has 0 bridgehead atoms. The second-order valence-electron chi connectivity index (χ2n) is 8.28. The number of rotatable bonds is 9. The molecular weight excluding hydrogens is 577 g/mol. The van der Waals surface area contributed by atoms with Crippen LogP contribution < -0.4 is 54.9 Å². The van der Waals surface area contributed by atoms with Crippen LogP contribution in [0.2, 0.25) is 0 Å². The summed E-state index contributed by atoms with van der Waals surface area (Å²) in [5.41, 5.74) is 1.93. The number of nitrogens with zero attached hydrogens (tertiary/aromatic N) is 2. The molecule has 0 saturated carbocycles. The van der Waals surface area contributed by atoms with E-state index in [1.165, 1.54) is 18.3 Å². The van der Waals surface area contributed by atoms with Crippen LogP contribution in [0.25, 0.3) is 0 Å². The van der Waals surface area contributed by atoms with Crippen molar-refractivity contribution < 1.29 is 71.9 Å². The van der Waals surface area contributed by atoms with Gasteiger partial charge in [0.25, 0.3) is 6.07 Å². The molecule has 9 heteroatoms. The smallest absolute Gasteiger partial charge is 0.872 e. The maximum atomic E-state index is 13.1. The van der Waals surface area contributed by atoms with E-state index < -0.39 is 18.0 Å². The fourth-order valence-electron chi connectivity index (χ4n) is 3.88. The van der Waals surface area contributed by atoms with Gasteiger partial charge in [-0.3, -0.25) is 9.98 Å². The molecule has 0 spiro atoms. The topological polar surface area (TPSA) is 127 Å². The third-order valence-electron chi connectivity index (χ3n) is 5.64. The Morgan fingerprint density at radius 3 is 1.95 bits per heavy atom. The summed E-state index contributed by atoms with van der Waals surface area (Å²) in [6, 6.07) is 30.5. The van der Waals surface area contributed by atoms with Crippen LogP contribution in [0.5, 0.6) is 17.2 Å². The van der Waals surface area contributed by atoms with E-state index in [0.717, 1.165) is 11.1 Å². The molecular formula is C32H29CuN3NaO4+. The van der Waals surface area contributed by atoms with Gasteiger partial charge < -0.3 is 20.1 Å². The average molecular weight is 606 g/mol. The molecule has 0 aromatic heterocycles. The Morgan fingerprint density at radius 2 is 1.39 bits per heavy atom. The van der Waals surface area contributed by atoms with Crippen LogP contribution >= 0.6 is 0 Å². The van der Waals surface area contributed by atoms with E-state index in [2.05, 4.69) is 4.99 Å². The van der Waals surface area contributed by atoms with Gasteiger partial charge in [-0.15, -0.1) is 11.0 Å². The number of benzene rings is 4. The molecule has 0 unspecified atom stereocenters. The zero-order valence-electron chi connectivity index (χ0n) is 23.1. The van der Waals surface area contributed by atoms with Crippen molar-refractivity contribution in [3.05, 3.63) is 125 Å². The summed E-state index contributed by atoms with van der Waals surface area (Å²) < 4.78 is 5.43. The minimum atomic E-state index is -0.734. The molecule has 41 heavy (non-hydrogen) atoms. The van der Waals surface area contributed by atoms with Crippen LogP contribution in [0, 0.1) is 6.07 Å². The second-order valence-corrected chi connectivity index (χ2v) is 8.28. The predicted molar refractivity (Wildman–Crippen MR) is 146 cm³/mol. The molecule has 0 fully saturated rings. The summed E-state index contributed by atoms with van der Waals surface area (Å²) in [5.74, 6) is -1.02. The Morgan fingerprint density at radius 1 is 0.854 bits per heavy atom. The number of ether oxygens (including phenoxy) is 1. The molecule has 0 aliphatic carbocycles. The van der Waals surface area contributed by atoms with Crippen LogP contribution in [0.15, 0.2) is 113 Å². The third kappa shape index (κ3) is 10.1. The maximum absolute atomic E-state index is 13.1. The van der Waals surface area contributed by atoms with Crippen LogP contribution in [-0.2, 0) is 17.1 Å². The zero-order chi connectivity index (χ0) is 28.0. The van der Waals surface area contributed by atoms with E-state index >= 15 is 0 Å². The normalized spacial score (nSPS) is 12.0. The van der Waals surface area contributed by atoms with Gasteiger partial charge in [-0.25, -0.2) is 0 Å². The van der Waals surface area contributed by atoms with Gasteiger partial charge in [0.05, 0.1) is 13.5 Å². The standard InChI is InChI=1S/C30H28N2O4.C2H3N.Cu.Na/c1-2-36-26-19-11-16-23(29(26)34)20-31-27(21-12-5-3-6-13-21)28(22-14-7-4-8-15-22)32-30(35)24-17-9-10-18-25(24)33;1-2-3;;/h3-20,27-28,33-34H,2H2,1H3,(H,32,35);1H3;;/q;;+2;+1/p-2/t27-,28-;;;/m1.../s1. The number of para-hydroxylation sites is 2. The molecule has 0 amide bonds. The van der Waals surface area contributed by atoms with Crippen LogP contribution in [0.4, 0.5) is 0 Å². The van der Waals surface area contributed by atoms with Crippen molar-refractivity contribution in [3.8, 4) is 23.3 Å². The molecule has 0 saturated heterocycles. The second kappa shape index (κ2) is 18.7. The molecule has 7 nitrogen and oxygen atoms in total. The van der Waals surface area contributed by atoms with Crippen molar-refractivity contribution in [2.75, 3.05) is 6.61 Å². The summed E-state index contributed by atoms with van der Waals surface area (Å²) in [5, 5.41) is 44.2. The molecule has 207 valence electrons. The molecule has 2 atom stereocenters. The molecule has 1 N–H and O–H groups in total. The molecule has 1 radical (unpaired) electrons. The van der Waals surface area contributed by atoms with Gasteiger partial charge in [-0.2, -0.15) is 0 Å². The first-order valence-electron chi connectivity index (χ1n) is 12.4. The minimum Gasteiger partial charge on any atom is -0.872 e. The fraction of sp³-hybridized carbons (Fsp3) is 0.156. The quantitative estimate of drug-likeness (QED) is 0.160. The van der Waals surface area contributed by atoms with Crippen molar-refractivity contribution in [2.45, 2.75) is 25.9 Å². The van der Waals surface area contributed by atoms with E-state index in [4.69, 9.17) is 15.0 Å². The molecule has 4 rings (SSSR count). The predicted octanol–water partition coefficient (Wildman–Crippen LogP) is -0.278. The number of hydrogen-bond acceptors (Lipinski definition) is 6. The number of aliphatic imine (C=N–C) groups is 2. The SMILES string of the molecule is CC#[NH+].CCOc1cccc(C=N[C@H](c2ccccc2)[C@H](N=C([O-])c2ccccc2[O-])c2ccccc2)c1[O-].[Cu+2].[Na+]. The van der Waals surface area contributed by atoms with E-state index in [1.54, 1.807) is 37.3 Å². The van der Waals surface area contributed by atoms with Crippen LogP contribution in [-0.4, -0.2) is 18.7 Å². The minimum absolute atomic E-state index is 0. The van der Waals surface area contributed by atoms with Crippen molar-refractivity contribution >= 4 is 12.1 Å². The van der Waals surface area contributed by atoms with E-state index in [1.807, 2.05) is 73.7 Å². The Kier molecular flexibility index (Phi) is 16.2. The largest absolute Gasteiger partial charge is 2.00 e. The first-order chi connectivity index (χ1) is 19.0. The van der Waals surface area contributed by atoms with Gasteiger partial charge in [0.2, 0.25) is 0 Å². The summed E-state index contributed by atoms with van der Waals surface area (Å²) in [6.07, 6.45) is 1.50.